The number of esters is 1. The predicted octanol–water partition coefficient (Wildman–Crippen LogP) is 0.311. The second kappa shape index (κ2) is 7.16. The molecule has 1 unspecified atom stereocenters. The molecule has 21 heavy (non-hydrogen) atoms. The second-order valence-corrected chi connectivity index (χ2v) is 4.86. The van der Waals surface area contributed by atoms with E-state index < -0.39 is 0 Å². The Morgan fingerprint density at radius 1 is 1.48 bits per heavy atom. The molecule has 1 aromatic heterocycles. The Bertz CT molecular complexity index is 470. The van der Waals surface area contributed by atoms with Gasteiger partial charge >= 0.3 is 5.97 Å². The Balaban J connectivity index is 2.14. The predicted molar refractivity (Wildman–Crippen MR) is 76.8 cm³/mol. The summed E-state index contributed by atoms with van der Waals surface area (Å²) in [6.07, 6.45) is 2.05. The van der Waals surface area contributed by atoms with Crippen LogP contribution >= 0.6 is 0 Å². The molecule has 2 heterocycles. The van der Waals surface area contributed by atoms with Crippen molar-refractivity contribution in [1.82, 2.24) is 15.0 Å². The number of hydrogen-bond acceptors (Lipinski definition) is 8. The quantitative estimate of drug-likeness (QED) is 0.748. The molecule has 8 nitrogen and oxygen atoms in total. The van der Waals surface area contributed by atoms with E-state index in [1.165, 1.54) is 0 Å². The summed E-state index contributed by atoms with van der Waals surface area (Å²) in [5.41, 5.74) is 5.66. The van der Waals surface area contributed by atoms with Crippen LogP contribution in [0.5, 0.6) is 0 Å². The molecule has 1 aliphatic rings. The average Bonchev–Trinajstić information content (AvgIpc) is 2.90. The van der Waals surface area contributed by atoms with Crippen molar-refractivity contribution in [3.8, 4) is 0 Å². The molecule has 1 aromatic rings. The first-order valence-corrected chi connectivity index (χ1v) is 7.08. The topological polar surface area (TPSA) is 103 Å². The van der Waals surface area contributed by atoms with Crippen molar-refractivity contribution in [3.63, 3.8) is 0 Å². The number of carbonyl (C=O) groups is 1. The van der Waals surface area contributed by atoms with E-state index in [2.05, 4.69) is 15.0 Å². The maximum Gasteiger partial charge on any atom is 0.325 e. The van der Waals surface area contributed by atoms with Gasteiger partial charge in [0, 0.05) is 13.2 Å². The number of anilines is 2. The first-order chi connectivity index (χ1) is 10.1. The van der Waals surface area contributed by atoms with E-state index >= 15 is 0 Å². The van der Waals surface area contributed by atoms with Crippen LogP contribution in [0.1, 0.15) is 25.6 Å². The van der Waals surface area contributed by atoms with Crippen molar-refractivity contribution < 1.29 is 14.3 Å². The summed E-state index contributed by atoms with van der Waals surface area (Å²) in [5.74, 6) is 0.702. The van der Waals surface area contributed by atoms with Crippen molar-refractivity contribution in [1.29, 1.82) is 0 Å². The minimum absolute atomic E-state index is 0.0661. The van der Waals surface area contributed by atoms with E-state index in [9.17, 15) is 4.79 Å². The van der Waals surface area contributed by atoms with Crippen LogP contribution in [-0.4, -0.2) is 53.3 Å². The van der Waals surface area contributed by atoms with Gasteiger partial charge < -0.3 is 20.1 Å². The molecule has 0 spiro atoms. The van der Waals surface area contributed by atoms with Crippen LogP contribution in [0, 0.1) is 6.92 Å². The largest absolute Gasteiger partial charge is 0.465 e. The lowest BCUT2D eigenvalue weighted by molar-refractivity contribution is -0.141. The minimum Gasteiger partial charge on any atom is -0.465 e. The summed E-state index contributed by atoms with van der Waals surface area (Å²) in [5, 5.41) is 0. The number of nitrogen functional groups attached to an aromatic ring is 1. The maximum absolute atomic E-state index is 11.8. The third kappa shape index (κ3) is 4.52. The fourth-order valence-corrected chi connectivity index (χ4v) is 2.24. The minimum atomic E-state index is -0.327. The molecule has 0 aromatic carbocycles. The number of hydrogen-bond donors (Lipinski definition) is 1. The summed E-state index contributed by atoms with van der Waals surface area (Å²) in [4.78, 5) is 25.8. The number of ether oxygens (including phenoxy) is 2. The van der Waals surface area contributed by atoms with Crippen LogP contribution in [0.4, 0.5) is 11.9 Å². The number of carbonyl (C=O) groups excluding carboxylic acids is 1. The molecule has 0 radical (unpaired) electrons. The summed E-state index contributed by atoms with van der Waals surface area (Å²) < 4.78 is 10.6. The number of nitrogens with two attached hydrogens (primary N) is 1. The van der Waals surface area contributed by atoms with Gasteiger partial charge in [0.15, 0.2) is 0 Å². The molecule has 1 atom stereocenters. The third-order valence-electron chi connectivity index (χ3n) is 3.11. The van der Waals surface area contributed by atoms with Gasteiger partial charge in [0.2, 0.25) is 11.9 Å². The van der Waals surface area contributed by atoms with Gasteiger partial charge in [-0.3, -0.25) is 4.79 Å². The lowest BCUT2D eigenvalue weighted by atomic mass is 10.2. The van der Waals surface area contributed by atoms with E-state index in [0.717, 1.165) is 19.4 Å². The summed E-state index contributed by atoms with van der Waals surface area (Å²) >= 11 is 0. The first-order valence-electron chi connectivity index (χ1n) is 7.08. The van der Waals surface area contributed by atoms with Crippen LogP contribution in [0.2, 0.25) is 0 Å². The molecule has 0 bridgehead atoms. The average molecular weight is 295 g/mol. The van der Waals surface area contributed by atoms with Gasteiger partial charge in [-0.05, 0) is 26.7 Å². The highest BCUT2D eigenvalue weighted by Gasteiger charge is 2.23. The van der Waals surface area contributed by atoms with Crippen molar-refractivity contribution >= 4 is 17.9 Å². The van der Waals surface area contributed by atoms with Crippen molar-refractivity contribution in [2.75, 3.05) is 36.9 Å². The standard InChI is InChI=1S/C13H21N5O3/c1-3-20-11(19)8-18(7-10-5-4-6-21-10)13-16-9(2)15-12(14)17-13/h10H,3-8H2,1-2H3,(H2,14,15,16,17). The molecule has 0 amide bonds. The first kappa shape index (κ1) is 15.4. The van der Waals surface area contributed by atoms with Crippen LogP contribution in [0.3, 0.4) is 0 Å². The molecule has 2 rings (SSSR count). The molecule has 2 N–H and O–H groups in total. The molecule has 0 saturated carbocycles. The second-order valence-electron chi connectivity index (χ2n) is 4.86. The Morgan fingerprint density at radius 2 is 2.29 bits per heavy atom. The van der Waals surface area contributed by atoms with Gasteiger partial charge in [0.05, 0.1) is 12.7 Å². The lowest BCUT2D eigenvalue weighted by Gasteiger charge is -2.24. The van der Waals surface area contributed by atoms with E-state index in [1.807, 2.05) is 0 Å². The van der Waals surface area contributed by atoms with E-state index in [1.54, 1.807) is 18.7 Å². The van der Waals surface area contributed by atoms with Crippen LogP contribution in [-0.2, 0) is 14.3 Å². The van der Waals surface area contributed by atoms with Crippen molar-refractivity contribution in [3.05, 3.63) is 5.82 Å². The van der Waals surface area contributed by atoms with Crippen LogP contribution < -0.4 is 10.6 Å². The number of aryl methyl sites for hydroxylation is 1. The smallest absolute Gasteiger partial charge is 0.325 e. The monoisotopic (exact) mass is 295 g/mol. The molecule has 8 heteroatoms. The van der Waals surface area contributed by atoms with Crippen LogP contribution in [0.25, 0.3) is 0 Å². The zero-order chi connectivity index (χ0) is 15.2. The zero-order valence-corrected chi connectivity index (χ0v) is 12.4. The molecular weight excluding hydrogens is 274 g/mol. The van der Waals surface area contributed by atoms with Crippen LogP contribution in [0.15, 0.2) is 0 Å². The molecule has 1 saturated heterocycles. The molecule has 1 aliphatic heterocycles. The fraction of sp³-hybridized carbons (Fsp3) is 0.692. The van der Waals surface area contributed by atoms with E-state index in [4.69, 9.17) is 15.2 Å². The number of aromatic nitrogens is 3. The summed E-state index contributed by atoms with van der Waals surface area (Å²) in [6, 6.07) is 0. The summed E-state index contributed by atoms with van der Waals surface area (Å²) in [7, 11) is 0. The van der Waals surface area contributed by atoms with Crippen molar-refractivity contribution in [2.45, 2.75) is 32.8 Å². The molecule has 0 aliphatic carbocycles. The van der Waals surface area contributed by atoms with Gasteiger partial charge in [-0.2, -0.15) is 15.0 Å². The number of rotatable bonds is 6. The molecule has 1 fully saturated rings. The van der Waals surface area contributed by atoms with Gasteiger partial charge in [-0.1, -0.05) is 0 Å². The molecule has 116 valence electrons. The van der Waals surface area contributed by atoms with E-state index in [0.29, 0.717) is 24.9 Å². The highest BCUT2D eigenvalue weighted by atomic mass is 16.5. The Morgan fingerprint density at radius 3 is 2.90 bits per heavy atom. The Kier molecular flexibility index (Phi) is 5.26. The van der Waals surface area contributed by atoms with Gasteiger partial charge in [0.1, 0.15) is 12.4 Å². The Hall–Kier alpha value is -1.96. The van der Waals surface area contributed by atoms with Gasteiger partial charge in [-0.15, -0.1) is 0 Å². The highest BCUT2D eigenvalue weighted by Crippen LogP contribution is 2.17. The lowest BCUT2D eigenvalue weighted by Crippen LogP contribution is -2.38. The zero-order valence-electron chi connectivity index (χ0n) is 12.4. The SMILES string of the molecule is CCOC(=O)CN(CC1CCCO1)c1nc(C)nc(N)n1. The number of nitrogens with zero attached hydrogens (tertiary/aromatic N) is 4. The maximum atomic E-state index is 11.8. The van der Waals surface area contributed by atoms with E-state index in [-0.39, 0.29) is 24.6 Å². The summed E-state index contributed by atoms with van der Waals surface area (Å²) in [6.45, 7) is 5.18. The highest BCUT2D eigenvalue weighted by molar-refractivity contribution is 5.75. The molecular formula is C13H21N5O3. The fourth-order valence-electron chi connectivity index (χ4n) is 2.24. The van der Waals surface area contributed by atoms with Gasteiger partial charge in [-0.25, -0.2) is 0 Å². The Labute approximate surface area is 123 Å². The van der Waals surface area contributed by atoms with Gasteiger partial charge in [0.25, 0.3) is 0 Å². The normalized spacial score (nSPS) is 17.7. The van der Waals surface area contributed by atoms with Crippen molar-refractivity contribution in [2.24, 2.45) is 0 Å². The third-order valence-corrected chi connectivity index (χ3v) is 3.11.